The molecule has 0 saturated heterocycles. The van der Waals surface area contributed by atoms with Crippen LogP contribution in [0.2, 0.25) is 0 Å². The van der Waals surface area contributed by atoms with Gasteiger partial charge >= 0.3 is 0 Å². The van der Waals surface area contributed by atoms with Gasteiger partial charge in [-0.05, 0) is 18.8 Å². The number of carbonyl (C=O) groups excluding carboxylic acids is 1. The Hall–Kier alpha value is -0.270. The van der Waals surface area contributed by atoms with E-state index in [2.05, 4.69) is 0 Å². The van der Waals surface area contributed by atoms with Crippen molar-refractivity contribution in [3.05, 3.63) is 0 Å². The monoisotopic (exact) mass is 266 g/mol. The molecule has 1 aliphatic carbocycles. The van der Waals surface area contributed by atoms with E-state index in [4.69, 9.17) is 11.5 Å². The van der Waals surface area contributed by atoms with Crippen molar-refractivity contribution < 1.29 is 13.2 Å². The van der Waals surface area contributed by atoms with Crippen LogP contribution in [0.15, 0.2) is 0 Å². The molecule has 5 nitrogen and oxygen atoms in total. The summed E-state index contributed by atoms with van der Waals surface area (Å²) in [5, 5.41) is 0. The maximum absolute atomic E-state index is 11.3. The van der Waals surface area contributed by atoms with Crippen LogP contribution >= 0.6 is 11.8 Å². The summed E-state index contributed by atoms with van der Waals surface area (Å²) >= 11 is 1.38. The first-order valence-corrected chi connectivity index (χ1v) is 8.31. The summed E-state index contributed by atoms with van der Waals surface area (Å²) in [5.41, 5.74) is 10.3. The Morgan fingerprint density at radius 2 is 2.06 bits per heavy atom. The number of hydrogen-bond acceptors (Lipinski definition) is 5. The van der Waals surface area contributed by atoms with E-state index >= 15 is 0 Å². The lowest BCUT2D eigenvalue weighted by molar-refractivity contribution is -0.123. The molecule has 4 N–H and O–H groups in total. The fourth-order valence-electron chi connectivity index (χ4n) is 1.44. The second kappa shape index (κ2) is 4.93. The van der Waals surface area contributed by atoms with Crippen molar-refractivity contribution in [2.45, 2.75) is 18.4 Å². The van der Waals surface area contributed by atoms with Crippen LogP contribution in [-0.2, 0) is 14.6 Å². The molecule has 1 amide bonds. The van der Waals surface area contributed by atoms with E-state index in [9.17, 15) is 13.2 Å². The summed E-state index contributed by atoms with van der Waals surface area (Å²) in [5.74, 6) is 0.662. The first-order chi connectivity index (χ1) is 7.26. The third-order valence-electron chi connectivity index (χ3n) is 2.70. The molecule has 0 bridgehead atoms. The Morgan fingerprint density at radius 1 is 1.50 bits per heavy atom. The number of thioether (sulfide) groups is 1. The topological polar surface area (TPSA) is 103 Å². The van der Waals surface area contributed by atoms with Crippen molar-refractivity contribution >= 4 is 27.5 Å². The number of amides is 1. The van der Waals surface area contributed by atoms with Gasteiger partial charge in [0, 0.05) is 17.8 Å². The summed E-state index contributed by atoms with van der Waals surface area (Å²) < 4.78 is 21.8. The number of primary amides is 1. The predicted octanol–water partition coefficient (Wildman–Crippen LogP) is -0.643. The second-order valence-electron chi connectivity index (χ2n) is 4.36. The minimum atomic E-state index is -2.94. The zero-order valence-corrected chi connectivity index (χ0v) is 10.9. The first-order valence-electron chi connectivity index (χ1n) is 5.10. The molecular formula is C9H18N2O3S2. The molecular weight excluding hydrogens is 248 g/mol. The molecule has 0 aromatic rings. The summed E-state index contributed by atoms with van der Waals surface area (Å²) in [6.45, 7) is 0. The smallest absolute Gasteiger partial charge is 0.238 e. The second-order valence-corrected chi connectivity index (χ2v) is 7.73. The van der Waals surface area contributed by atoms with Crippen LogP contribution < -0.4 is 11.5 Å². The van der Waals surface area contributed by atoms with E-state index in [0.717, 1.165) is 12.8 Å². The molecule has 0 aromatic carbocycles. The summed E-state index contributed by atoms with van der Waals surface area (Å²) in [6, 6.07) is 0. The van der Waals surface area contributed by atoms with E-state index < -0.39 is 21.3 Å². The molecule has 1 rings (SSSR count). The molecule has 0 aliphatic heterocycles. The van der Waals surface area contributed by atoms with Crippen molar-refractivity contribution in [1.29, 1.82) is 0 Å². The normalized spacial score (nSPS) is 20.4. The molecule has 16 heavy (non-hydrogen) atoms. The molecule has 7 heteroatoms. The standard InChI is InChI=1S/C9H18N2O3S2/c1-16(13,14)5-4-15-6-9(11,8(10)12)7-2-3-7/h7H,2-6,11H2,1H3,(H2,10,12). The van der Waals surface area contributed by atoms with Gasteiger partial charge in [-0.1, -0.05) is 0 Å². The predicted molar refractivity (Wildman–Crippen MR) is 65.9 cm³/mol. The van der Waals surface area contributed by atoms with Gasteiger partial charge in [-0.15, -0.1) is 0 Å². The Kier molecular flexibility index (Phi) is 4.25. The highest BCUT2D eigenvalue weighted by Crippen LogP contribution is 2.39. The third kappa shape index (κ3) is 3.95. The van der Waals surface area contributed by atoms with E-state index in [1.54, 1.807) is 0 Å². The van der Waals surface area contributed by atoms with Gasteiger partial charge in [-0.25, -0.2) is 8.42 Å². The Bertz CT molecular complexity index is 365. The highest BCUT2D eigenvalue weighted by atomic mass is 32.2. The van der Waals surface area contributed by atoms with Crippen LogP contribution in [0.25, 0.3) is 0 Å². The first kappa shape index (κ1) is 13.8. The average Bonchev–Trinajstić information content (AvgIpc) is 2.93. The quantitative estimate of drug-likeness (QED) is 0.596. The zero-order valence-electron chi connectivity index (χ0n) is 9.31. The molecule has 1 aliphatic rings. The van der Waals surface area contributed by atoms with Crippen LogP contribution in [0.5, 0.6) is 0 Å². The van der Waals surface area contributed by atoms with Crippen LogP contribution in [0.3, 0.4) is 0 Å². The SMILES string of the molecule is CS(=O)(=O)CCSCC(N)(C(N)=O)C1CC1. The third-order valence-corrected chi connectivity index (χ3v) is 5.08. The number of sulfone groups is 1. The molecule has 0 spiro atoms. The van der Waals surface area contributed by atoms with Crippen LogP contribution in [0.1, 0.15) is 12.8 Å². The zero-order chi connectivity index (χ0) is 12.4. The van der Waals surface area contributed by atoms with Crippen molar-refractivity contribution in [2.24, 2.45) is 17.4 Å². The fourth-order valence-corrected chi connectivity index (χ4v) is 3.98. The van der Waals surface area contributed by atoms with E-state index in [1.807, 2.05) is 0 Å². The highest BCUT2D eigenvalue weighted by Gasteiger charge is 2.46. The molecule has 1 saturated carbocycles. The summed E-state index contributed by atoms with van der Waals surface area (Å²) in [7, 11) is -2.94. The molecule has 0 aromatic heterocycles. The van der Waals surface area contributed by atoms with Crippen LogP contribution in [0, 0.1) is 5.92 Å². The lowest BCUT2D eigenvalue weighted by Gasteiger charge is -2.25. The lowest BCUT2D eigenvalue weighted by Crippen LogP contribution is -2.56. The Morgan fingerprint density at radius 3 is 2.44 bits per heavy atom. The fraction of sp³-hybridized carbons (Fsp3) is 0.889. The van der Waals surface area contributed by atoms with Gasteiger partial charge in [0.25, 0.3) is 0 Å². The molecule has 94 valence electrons. The van der Waals surface area contributed by atoms with Crippen molar-refractivity contribution in [3.63, 3.8) is 0 Å². The number of nitrogens with two attached hydrogens (primary N) is 2. The summed E-state index contributed by atoms with van der Waals surface area (Å²) in [4.78, 5) is 11.3. The molecule has 1 unspecified atom stereocenters. The molecule has 1 fully saturated rings. The lowest BCUT2D eigenvalue weighted by atomic mass is 9.96. The van der Waals surface area contributed by atoms with Gasteiger partial charge in [0.1, 0.15) is 15.4 Å². The minimum absolute atomic E-state index is 0.108. The van der Waals surface area contributed by atoms with Crippen molar-refractivity contribution in [3.8, 4) is 0 Å². The van der Waals surface area contributed by atoms with Crippen LogP contribution in [-0.4, -0.2) is 43.4 Å². The number of carbonyl (C=O) groups is 1. The number of hydrogen-bond donors (Lipinski definition) is 2. The van der Waals surface area contributed by atoms with E-state index in [0.29, 0.717) is 11.5 Å². The number of rotatable bonds is 7. The van der Waals surface area contributed by atoms with E-state index in [1.165, 1.54) is 18.0 Å². The molecule has 0 heterocycles. The van der Waals surface area contributed by atoms with Crippen molar-refractivity contribution in [2.75, 3.05) is 23.5 Å². The maximum atomic E-state index is 11.3. The molecule has 0 radical (unpaired) electrons. The van der Waals surface area contributed by atoms with Gasteiger partial charge in [0.2, 0.25) is 5.91 Å². The largest absolute Gasteiger partial charge is 0.368 e. The average molecular weight is 266 g/mol. The molecule has 1 atom stereocenters. The van der Waals surface area contributed by atoms with Gasteiger partial charge in [-0.2, -0.15) is 11.8 Å². The Labute approximate surface area is 100 Å². The van der Waals surface area contributed by atoms with Gasteiger partial charge in [0.05, 0.1) is 5.75 Å². The van der Waals surface area contributed by atoms with E-state index in [-0.39, 0.29) is 11.7 Å². The van der Waals surface area contributed by atoms with Gasteiger partial charge in [-0.3, -0.25) is 4.79 Å². The van der Waals surface area contributed by atoms with Gasteiger partial charge < -0.3 is 11.5 Å². The van der Waals surface area contributed by atoms with Gasteiger partial charge in [0.15, 0.2) is 0 Å². The van der Waals surface area contributed by atoms with Crippen molar-refractivity contribution in [1.82, 2.24) is 0 Å². The van der Waals surface area contributed by atoms with Crippen LogP contribution in [0.4, 0.5) is 0 Å². The highest BCUT2D eigenvalue weighted by molar-refractivity contribution is 8.00. The minimum Gasteiger partial charge on any atom is -0.368 e. The Balaban J connectivity index is 2.37. The summed E-state index contributed by atoms with van der Waals surface area (Å²) in [6.07, 6.45) is 3.07. The maximum Gasteiger partial charge on any atom is 0.238 e.